The zero-order chi connectivity index (χ0) is 12.0. The van der Waals surface area contributed by atoms with Gasteiger partial charge in [-0.1, -0.05) is 19.4 Å². The minimum absolute atomic E-state index is 0.0554. The molecule has 0 amide bonds. The predicted octanol–water partition coefficient (Wildman–Crippen LogP) is 2.89. The summed E-state index contributed by atoms with van der Waals surface area (Å²) in [4.78, 5) is 0. The summed E-state index contributed by atoms with van der Waals surface area (Å²) in [5.74, 6) is 0.0376. The maximum absolute atomic E-state index is 13.6. The van der Waals surface area contributed by atoms with Crippen LogP contribution in [-0.2, 0) is 6.42 Å². The highest BCUT2D eigenvalue weighted by molar-refractivity contribution is 5.29. The van der Waals surface area contributed by atoms with E-state index >= 15 is 0 Å². The van der Waals surface area contributed by atoms with E-state index in [9.17, 15) is 4.39 Å². The van der Waals surface area contributed by atoms with Gasteiger partial charge in [0.15, 0.2) is 11.6 Å². The lowest BCUT2D eigenvalue weighted by Crippen LogP contribution is -2.12. The second-order valence-corrected chi connectivity index (χ2v) is 4.02. The fourth-order valence-corrected chi connectivity index (χ4v) is 1.64. The van der Waals surface area contributed by atoms with Crippen LogP contribution in [-0.4, -0.2) is 12.6 Å². The minimum Gasteiger partial charge on any atom is -0.488 e. The number of benzene rings is 1. The second-order valence-electron chi connectivity index (χ2n) is 4.02. The Morgan fingerprint density at radius 3 is 2.75 bits per heavy atom. The van der Waals surface area contributed by atoms with Crippen LogP contribution >= 0.6 is 0 Å². The molecular weight excluding hydrogens is 205 g/mol. The molecule has 1 rings (SSSR count). The van der Waals surface area contributed by atoms with Crippen LogP contribution in [0.5, 0.6) is 5.75 Å². The topological polar surface area (TPSA) is 35.2 Å². The highest BCUT2D eigenvalue weighted by Gasteiger charge is 2.08. The molecule has 3 heteroatoms. The van der Waals surface area contributed by atoms with E-state index in [-0.39, 0.29) is 11.9 Å². The van der Waals surface area contributed by atoms with E-state index in [2.05, 4.69) is 6.92 Å². The highest BCUT2D eigenvalue weighted by Crippen LogP contribution is 2.20. The summed E-state index contributed by atoms with van der Waals surface area (Å²) in [5, 5.41) is 0. The SMILES string of the molecule is CCCC(C)Oc1ccc(CCN)cc1F. The molecule has 0 radical (unpaired) electrons. The first-order valence-electron chi connectivity index (χ1n) is 5.82. The van der Waals surface area contributed by atoms with Gasteiger partial charge in [0.25, 0.3) is 0 Å². The van der Waals surface area contributed by atoms with Gasteiger partial charge in [-0.2, -0.15) is 0 Å². The van der Waals surface area contributed by atoms with Gasteiger partial charge in [0.05, 0.1) is 6.10 Å². The highest BCUT2D eigenvalue weighted by atomic mass is 19.1. The van der Waals surface area contributed by atoms with Gasteiger partial charge in [-0.3, -0.25) is 0 Å². The molecule has 0 aliphatic heterocycles. The monoisotopic (exact) mass is 225 g/mol. The van der Waals surface area contributed by atoms with Crippen molar-refractivity contribution in [2.24, 2.45) is 5.73 Å². The molecule has 0 bridgehead atoms. The average molecular weight is 225 g/mol. The first-order valence-corrected chi connectivity index (χ1v) is 5.82. The first-order chi connectivity index (χ1) is 7.67. The van der Waals surface area contributed by atoms with Gasteiger partial charge in [0, 0.05) is 0 Å². The standard InChI is InChI=1S/C13H20FNO/c1-3-4-10(2)16-13-6-5-11(7-8-15)9-12(13)14/h5-6,9-10H,3-4,7-8,15H2,1-2H3. The Bertz CT molecular complexity index is 328. The lowest BCUT2D eigenvalue weighted by molar-refractivity contribution is 0.200. The molecule has 0 fully saturated rings. The number of hydrogen-bond acceptors (Lipinski definition) is 2. The van der Waals surface area contributed by atoms with E-state index in [4.69, 9.17) is 10.5 Å². The third-order valence-electron chi connectivity index (χ3n) is 2.45. The Morgan fingerprint density at radius 2 is 2.19 bits per heavy atom. The minimum atomic E-state index is -0.297. The van der Waals surface area contributed by atoms with Crippen molar-refractivity contribution in [2.75, 3.05) is 6.54 Å². The Balaban J connectivity index is 2.67. The normalized spacial score (nSPS) is 12.5. The Kier molecular flexibility index (Phi) is 5.26. The number of nitrogens with two attached hydrogens (primary N) is 1. The molecule has 0 aliphatic carbocycles. The van der Waals surface area contributed by atoms with Gasteiger partial charge in [0.2, 0.25) is 0 Å². The molecule has 2 nitrogen and oxygen atoms in total. The number of rotatable bonds is 6. The molecule has 1 aromatic rings. The zero-order valence-electron chi connectivity index (χ0n) is 10.0. The summed E-state index contributed by atoms with van der Waals surface area (Å²) < 4.78 is 19.1. The molecule has 16 heavy (non-hydrogen) atoms. The van der Waals surface area contributed by atoms with Crippen LogP contribution in [0, 0.1) is 5.82 Å². The third kappa shape index (κ3) is 3.81. The van der Waals surface area contributed by atoms with E-state index in [1.54, 1.807) is 6.07 Å². The summed E-state index contributed by atoms with van der Waals surface area (Å²) in [6.07, 6.45) is 2.72. The van der Waals surface area contributed by atoms with Crippen LogP contribution in [0.4, 0.5) is 4.39 Å². The summed E-state index contributed by atoms with van der Waals surface area (Å²) in [6, 6.07) is 5.05. The Labute approximate surface area is 96.6 Å². The smallest absolute Gasteiger partial charge is 0.165 e. The fraction of sp³-hybridized carbons (Fsp3) is 0.538. The van der Waals surface area contributed by atoms with Crippen molar-refractivity contribution in [1.82, 2.24) is 0 Å². The maximum Gasteiger partial charge on any atom is 0.165 e. The number of ether oxygens (including phenoxy) is 1. The van der Waals surface area contributed by atoms with Gasteiger partial charge in [-0.15, -0.1) is 0 Å². The lowest BCUT2D eigenvalue weighted by atomic mass is 10.1. The molecular formula is C13H20FNO. The van der Waals surface area contributed by atoms with Gasteiger partial charge in [0.1, 0.15) is 0 Å². The van der Waals surface area contributed by atoms with Crippen LogP contribution < -0.4 is 10.5 Å². The van der Waals surface area contributed by atoms with Crippen LogP contribution in [0.2, 0.25) is 0 Å². The Hall–Kier alpha value is -1.09. The molecule has 0 saturated carbocycles. The van der Waals surface area contributed by atoms with E-state index < -0.39 is 0 Å². The molecule has 1 unspecified atom stereocenters. The van der Waals surface area contributed by atoms with E-state index in [0.717, 1.165) is 18.4 Å². The molecule has 0 aliphatic rings. The molecule has 0 heterocycles. The molecule has 0 spiro atoms. The van der Waals surface area contributed by atoms with Crippen molar-refractivity contribution in [3.63, 3.8) is 0 Å². The fourth-order valence-electron chi connectivity index (χ4n) is 1.64. The van der Waals surface area contributed by atoms with Crippen molar-refractivity contribution >= 4 is 0 Å². The van der Waals surface area contributed by atoms with Crippen molar-refractivity contribution < 1.29 is 9.13 Å². The van der Waals surface area contributed by atoms with Crippen molar-refractivity contribution in [3.8, 4) is 5.75 Å². The predicted molar refractivity (Wildman–Crippen MR) is 64.2 cm³/mol. The van der Waals surface area contributed by atoms with E-state index in [0.29, 0.717) is 18.7 Å². The molecule has 1 atom stereocenters. The van der Waals surface area contributed by atoms with Gasteiger partial charge in [-0.05, 0) is 44.0 Å². The van der Waals surface area contributed by atoms with Crippen molar-refractivity contribution in [1.29, 1.82) is 0 Å². The van der Waals surface area contributed by atoms with Crippen LogP contribution in [0.15, 0.2) is 18.2 Å². The molecule has 0 saturated heterocycles. The molecule has 90 valence electrons. The van der Waals surface area contributed by atoms with Gasteiger partial charge < -0.3 is 10.5 Å². The third-order valence-corrected chi connectivity index (χ3v) is 2.45. The molecule has 0 aromatic heterocycles. The average Bonchev–Trinajstić information content (AvgIpc) is 2.23. The summed E-state index contributed by atoms with van der Waals surface area (Å²) >= 11 is 0. The maximum atomic E-state index is 13.6. The van der Waals surface area contributed by atoms with E-state index in [1.807, 2.05) is 13.0 Å². The first kappa shape index (κ1) is 13.0. The largest absolute Gasteiger partial charge is 0.488 e. The summed E-state index contributed by atoms with van der Waals surface area (Å²) in [7, 11) is 0. The quantitative estimate of drug-likeness (QED) is 0.808. The summed E-state index contributed by atoms with van der Waals surface area (Å²) in [5.41, 5.74) is 6.33. The Morgan fingerprint density at radius 1 is 1.44 bits per heavy atom. The number of halogens is 1. The number of hydrogen-bond donors (Lipinski definition) is 1. The zero-order valence-corrected chi connectivity index (χ0v) is 10.0. The van der Waals surface area contributed by atoms with Crippen molar-refractivity contribution in [2.45, 2.75) is 39.2 Å². The van der Waals surface area contributed by atoms with Crippen molar-refractivity contribution in [3.05, 3.63) is 29.6 Å². The van der Waals surface area contributed by atoms with Crippen LogP contribution in [0.3, 0.4) is 0 Å². The van der Waals surface area contributed by atoms with Gasteiger partial charge in [-0.25, -0.2) is 4.39 Å². The molecule has 1 aromatic carbocycles. The van der Waals surface area contributed by atoms with Crippen LogP contribution in [0.25, 0.3) is 0 Å². The summed E-state index contributed by atoms with van der Waals surface area (Å²) in [6.45, 7) is 4.57. The van der Waals surface area contributed by atoms with Crippen LogP contribution in [0.1, 0.15) is 32.3 Å². The second kappa shape index (κ2) is 6.48. The van der Waals surface area contributed by atoms with Gasteiger partial charge >= 0.3 is 0 Å². The van der Waals surface area contributed by atoms with E-state index in [1.165, 1.54) is 6.07 Å². The lowest BCUT2D eigenvalue weighted by Gasteiger charge is -2.14. The molecule has 2 N–H and O–H groups in total.